The molecule has 3 aromatic rings. The molecule has 1 N–H and O–H groups in total. The largest absolute Gasteiger partial charge is 0.343 e. The summed E-state index contributed by atoms with van der Waals surface area (Å²) < 4.78 is 31.4. The molecule has 3 aliphatic rings. The normalized spacial score (nSPS) is 22.6. The van der Waals surface area contributed by atoms with Crippen LogP contribution in [0.15, 0.2) is 47.6 Å². The second-order valence-electron chi connectivity index (χ2n) is 10.5. The number of aromatic nitrogens is 4. The maximum Gasteiger partial charge on any atom is 0.244 e. The minimum Gasteiger partial charge on any atom is -0.343 e. The molecule has 2 saturated carbocycles. The highest BCUT2D eigenvalue weighted by molar-refractivity contribution is 7.92. The number of nitrogens with one attached hydrogen (secondary N) is 1. The number of amides is 1. The Morgan fingerprint density at radius 1 is 1.26 bits per heavy atom. The van der Waals surface area contributed by atoms with Gasteiger partial charge in [0.1, 0.15) is 17.4 Å². The van der Waals surface area contributed by atoms with Crippen LogP contribution in [0.3, 0.4) is 0 Å². The molecular formula is C26H28ClN7O3S. The van der Waals surface area contributed by atoms with Gasteiger partial charge in [0.25, 0.3) is 0 Å². The Morgan fingerprint density at radius 2 is 2.05 bits per heavy atom. The Labute approximate surface area is 226 Å². The van der Waals surface area contributed by atoms with Gasteiger partial charge in [-0.05, 0) is 69.7 Å². The third kappa shape index (κ3) is 4.25. The minimum atomic E-state index is -3.89. The molecule has 1 amide bonds. The van der Waals surface area contributed by atoms with E-state index < -0.39 is 26.7 Å². The number of carbonyl (C=O) groups is 1. The van der Waals surface area contributed by atoms with E-state index in [-0.39, 0.29) is 34.8 Å². The summed E-state index contributed by atoms with van der Waals surface area (Å²) in [7, 11) is -3.89. The highest BCUT2D eigenvalue weighted by Crippen LogP contribution is 2.40. The van der Waals surface area contributed by atoms with E-state index >= 15 is 0 Å². The summed E-state index contributed by atoms with van der Waals surface area (Å²) in [5.41, 5.74) is 0.607. The average Bonchev–Trinajstić information content (AvgIpc) is 3.25. The van der Waals surface area contributed by atoms with Crippen molar-refractivity contribution >= 4 is 33.2 Å². The number of sulfone groups is 1. The fourth-order valence-corrected chi connectivity index (χ4v) is 7.55. The van der Waals surface area contributed by atoms with E-state index in [4.69, 9.17) is 11.6 Å². The van der Waals surface area contributed by atoms with Crippen LogP contribution in [0.25, 0.3) is 5.69 Å². The third-order valence-electron chi connectivity index (χ3n) is 7.87. The second kappa shape index (κ2) is 9.13. The highest BCUT2D eigenvalue weighted by atomic mass is 35.5. The lowest BCUT2D eigenvalue weighted by molar-refractivity contribution is -0.122. The Hall–Kier alpha value is -3.36. The zero-order chi connectivity index (χ0) is 26.7. The number of hydrogen-bond acceptors (Lipinski definition) is 7. The molecule has 3 heterocycles. The number of halogens is 1. The average molecular weight is 554 g/mol. The van der Waals surface area contributed by atoms with Gasteiger partial charge in [-0.3, -0.25) is 4.79 Å². The Morgan fingerprint density at radius 3 is 2.66 bits per heavy atom. The van der Waals surface area contributed by atoms with Gasteiger partial charge >= 0.3 is 0 Å². The molecule has 0 spiro atoms. The fourth-order valence-electron chi connectivity index (χ4n) is 5.31. The van der Waals surface area contributed by atoms with Gasteiger partial charge in [-0.1, -0.05) is 11.6 Å². The molecule has 2 aromatic heterocycles. The van der Waals surface area contributed by atoms with E-state index in [1.165, 1.54) is 6.07 Å². The number of anilines is 1. The summed E-state index contributed by atoms with van der Waals surface area (Å²) in [5, 5.41) is 20.5. The maximum absolute atomic E-state index is 13.9. The lowest BCUT2D eigenvalue weighted by atomic mass is 9.93. The molecule has 1 aliphatic heterocycles. The first-order chi connectivity index (χ1) is 18.2. The third-order valence-corrected chi connectivity index (χ3v) is 10.5. The van der Waals surface area contributed by atoms with Crippen molar-refractivity contribution in [2.75, 3.05) is 11.4 Å². The van der Waals surface area contributed by atoms with Crippen LogP contribution in [-0.4, -0.2) is 57.3 Å². The van der Waals surface area contributed by atoms with Gasteiger partial charge in [-0.25, -0.2) is 17.8 Å². The SMILES string of the molecule is Cc1cc(N2C[C@H](S(=O)(=O)c3ccc(-n4cccn4)cc3Cl)C[C@H]2C(=O)NC2(C#N)CC2)n(C2CCC2)n1. The predicted octanol–water partition coefficient (Wildman–Crippen LogP) is 3.35. The number of carbonyl (C=O) groups excluding carboxylic acids is 1. The molecule has 12 heteroatoms. The molecule has 3 fully saturated rings. The molecular weight excluding hydrogens is 526 g/mol. The number of nitriles is 1. The summed E-state index contributed by atoms with van der Waals surface area (Å²) in [6, 6.07) is 10.1. The molecule has 198 valence electrons. The fraction of sp³-hybridized carbons (Fsp3) is 0.462. The zero-order valence-corrected chi connectivity index (χ0v) is 22.5. The molecule has 2 atom stereocenters. The molecule has 6 rings (SSSR count). The Bertz CT molecular complexity index is 1530. The quantitative estimate of drug-likeness (QED) is 0.475. The van der Waals surface area contributed by atoms with Crippen LogP contribution in [0, 0.1) is 18.3 Å². The molecule has 0 bridgehead atoms. The van der Waals surface area contributed by atoms with Crippen LogP contribution in [0.1, 0.15) is 50.3 Å². The predicted molar refractivity (Wildman–Crippen MR) is 141 cm³/mol. The van der Waals surface area contributed by atoms with Gasteiger partial charge in [-0.15, -0.1) is 0 Å². The van der Waals surface area contributed by atoms with Gasteiger partial charge < -0.3 is 10.2 Å². The van der Waals surface area contributed by atoms with E-state index in [1.54, 1.807) is 35.3 Å². The van der Waals surface area contributed by atoms with Crippen LogP contribution < -0.4 is 10.2 Å². The van der Waals surface area contributed by atoms with E-state index in [1.807, 2.05) is 22.6 Å². The van der Waals surface area contributed by atoms with Gasteiger partial charge in [0.05, 0.1) is 38.7 Å². The highest BCUT2D eigenvalue weighted by Gasteiger charge is 2.50. The summed E-state index contributed by atoms with van der Waals surface area (Å²) >= 11 is 6.51. The van der Waals surface area contributed by atoms with Crippen molar-refractivity contribution in [2.24, 2.45) is 0 Å². The lowest BCUT2D eigenvalue weighted by Crippen LogP contribution is -2.48. The van der Waals surface area contributed by atoms with Crippen LogP contribution >= 0.6 is 11.6 Å². The summed E-state index contributed by atoms with van der Waals surface area (Å²) in [5.74, 6) is 0.410. The number of rotatable bonds is 7. The van der Waals surface area contributed by atoms with Crippen molar-refractivity contribution in [3.8, 4) is 11.8 Å². The van der Waals surface area contributed by atoms with Crippen molar-refractivity contribution in [3.63, 3.8) is 0 Å². The van der Waals surface area contributed by atoms with Crippen LogP contribution in [0.2, 0.25) is 5.02 Å². The Kier molecular flexibility index (Phi) is 6.00. The van der Waals surface area contributed by atoms with E-state index in [2.05, 4.69) is 21.6 Å². The maximum atomic E-state index is 13.9. The van der Waals surface area contributed by atoms with E-state index in [9.17, 15) is 18.5 Å². The van der Waals surface area contributed by atoms with E-state index in [0.717, 1.165) is 30.8 Å². The van der Waals surface area contributed by atoms with Crippen LogP contribution in [0.5, 0.6) is 0 Å². The van der Waals surface area contributed by atoms with Crippen molar-refractivity contribution < 1.29 is 13.2 Å². The molecule has 38 heavy (non-hydrogen) atoms. The van der Waals surface area contributed by atoms with Gasteiger partial charge in [0, 0.05) is 25.0 Å². The first-order valence-corrected chi connectivity index (χ1v) is 14.7. The summed E-state index contributed by atoms with van der Waals surface area (Å²) in [4.78, 5) is 15.4. The smallest absolute Gasteiger partial charge is 0.244 e. The molecule has 0 radical (unpaired) electrons. The van der Waals surface area contributed by atoms with Crippen LogP contribution in [-0.2, 0) is 14.6 Å². The molecule has 0 unspecified atom stereocenters. The van der Waals surface area contributed by atoms with Crippen molar-refractivity contribution in [1.82, 2.24) is 24.9 Å². The number of hydrogen-bond donors (Lipinski definition) is 1. The Balaban J connectivity index is 1.34. The molecule has 2 aliphatic carbocycles. The lowest BCUT2D eigenvalue weighted by Gasteiger charge is -2.32. The first kappa shape index (κ1) is 24.9. The van der Waals surface area contributed by atoms with Gasteiger partial charge in [-0.2, -0.15) is 15.5 Å². The topological polar surface area (TPSA) is 126 Å². The molecule has 10 nitrogen and oxygen atoms in total. The van der Waals surface area contributed by atoms with Crippen LogP contribution in [0.4, 0.5) is 5.82 Å². The second-order valence-corrected chi connectivity index (χ2v) is 13.1. The first-order valence-electron chi connectivity index (χ1n) is 12.8. The number of nitrogens with zero attached hydrogens (tertiary/aromatic N) is 6. The molecule has 1 saturated heterocycles. The van der Waals surface area contributed by atoms with Crippen molar-refractivity contribution in [1.29, 1.82) is 5.26 Å². The molecule has 1 aromatic carbocycles. The zero-order valence-electron chi connectivity index (χ0n) is 20.9. The van der Waals surface area contributed by atoms with Gasteiger partial charge in [0.15, 0.2) is 9.84 Å². The summed E-state index contributed by atoms with van der Waals surface area (Å²) in [6.45, 7) is 2.02. The standard InChI is InChI=1S/C26H28ClN7O3S/c1-17-12-24(34(31-17)18-4-2-5-18)32-15-20(14-22(32)25(35)30-26(16-28)8-9-26)38(36,37)23-7-6-19(13-21(23)27)33-11-3-10-29-33/h3,6-7,10-13,18,20,22H,2,4-5,8-9,14-15H2,1H3,(H,30,35)/t20-,22+/m1/s1. The monoisotopic (exact) mass is 553 g/mol. The number of benzene rings is 1. The summed E-state index contributed by atoms with van der Waals surface area (Å²) in [6.07, 6.45) is 7.77. The van der Waals surface area contributed by atoms with Crippen molar-refractivity contribution in [2.45, 2.75) is 73.2 Å². The van der Waals surface area contributed by atoms with Crippen molar-refractivity contribution in [3.05, 3.63) is 53.4 Å². The minimum absolute atomic E-state index is 0.0282. The van der Waals surface area contributed by atoms with Gasteiger partial charge in [0.2, 0.25) is 5.91 Å². The van der Waals surface area contributed by atoms with E-state index in [0.29, 0.717) is 18.5 Å². The number of aryl methyl sites for hydroxylation is 1.